The third-order valence-electron chi connectivity index (χ3n) is 5.68. The second-order valence-corrected chi connectivity index (χ2v) is 7.93. The number of hydrogen-bond acceptors (Lipinski definition) is 5. The zero-order valence-corrected chi connectivity index (χ0v) is 19.2. The van der Waals surface area contributed by atoms with Crippen LogP contribution in [-0.2, 0) is 19.1 Å². The maximum absolute atomic E-state index is 13.4. The Morgan fingerprint density at radius 3 is 2.26 bits per heavy atom. The molecule has 9 heteroatoms. The van der Waals surface area contributed by atoms with Crippen molar-refractivity contribution in [2.24, 2.45) is 0 Å². The number of ether oxygens (including phenoxy) is 4. The molecular weight excluding hydrogens is 463 g/mol. The van der Waals surface area contributed by atoms with Crippen molar-refractivity contribution in [1.82, 2.24) is 4.90 Å². The number of nitrogens with zero attached hydrogens (tertiary/aromatic N) is 1. The molecule has 1 aliphatic rings. The summed E-state index contributed by atoms with van der Waals surface area (Å²) in [5.74, 6) is 1.92. The molecule has 0 unspecified atom stereocenters. The Bertz CT molecular complexity index is 1190. The Morgan fingerprint density at radius 2 is 1.57 bits per heavy atom. The minimum absolute atomic E-state index is 0.0849. The lowest BCUT2D eigenvalue weighted by Gasteiger charge is -2.24. The molecule has 1 amide bonds. The molecule has 3 aromatic carbocycles. The first kappa shape index (κ1) is 24.3. The van der Waals surface area contributed by atoms with Gasteiger partial charge in [0.1, 0.15) is 0 Å². The van der Waals surface area contributed by atoms with E-state index in [4.69, 9.17) is 18.9 Å². The van der Waals surface area contributed by atoms with E-state index in [1.807, 2.05) is 12.1 Å². The number of alkyl halides is 3. The van der Waals surface area contributed by atoms with Crippen LogP contribution < -0.4 is 18.9 Å². The quantitative estimate of drug-likeness (QED) is 0.430. The lowest BCUT2D eigenvalue weighted by Crippen LogP contribution is -2.32. The van der Waals surface area contributed by atoms with Crippen LogP contribution in [-0.4, -0.2) is 38.4 Å². The molecule has 0 bridgehead atoms. The maximum Gasteiger partial charge on any atom is 0.416 e. The molecule has 0 N–H and O–H groups in total. The van der Waals surface area contributed by atoms with E-state index in [1.165, 1.54) is 12.1 Å². The Labute approximate surface area is 200 Å². The zero-order chi connectivity index (χ0) is 25.0. The highest BCUT2D eigenvalue weighted by Gasteiger charge is 2.30. The molecule has 0 aromatic heterocycles. The molecule has 0 saturated carbocycles. The largest absolute Gasteiger partial charge is 0.493 e. The average molecular weight is 487 g/mol. The van der Waals surface area contributed by atoms with Crippen molar-refractivity contribution in [2.45, 2.75) is 19.1 Å². The van der Waals surface area contributed by atoms with Crippen LogP contribution in [0.25, 0.3) is 0 Å². The van der Waals surface area contributed by atoms with Gasteiger partial charge in [-0.25, -0.2) is 0 Å². The molecule has 0 fully saturated rings. The molecule has 4 rings (SSSR count). The molecule has 0 spiro atoms. The normalized spacial score (nSPS) is 12.4. The summed E-state index contributed by atoms with van der Waals surface area (Å²) in [4.78, 5) is 15.0. The number of benzene rings is 3. The monoisotopic (exact) mass is 487 g/mol. The lowest BCUT2D eigenvalue weighted by molar-refractivity contribution is -0.137. The summed E-state index contributed by atoms with van der Waals surface area (Å²) in [7, 11) is 3.09. The molecule has 0 atom stereocenters. The summed E-state index contributed by atoms with van der Waals surface area (Å²) in [5.41, 5.74) is 1.16. The fourth-order valence-corrected chi connectivity index (χ4v) is 3.78. The first-order valence-electron chi connectivity index (χ1n) is 10.8. The van der Waals surface area contributed by atoms with Gasteiger partial charge in [0.25, 0.3) is 5.91 Å². The molecule has 35 heavy (non-hydrogen) atoms. The topological polar surface area (TPSA) is 57.2 Å². The van der Waals surface area contributed by atoms with E-state index in [0.717, 1.165) is 17.7 Å². The van der Waals surface area contributed by atoms with Gasteiger partial charge < -0.3 is 23.8 Å². The minimum Gasteiger partial charge on any atom is -0.493 e. The van der Waals surface area contributed by atoms with Gasteiger partial charge in [-0.2, -0.15) is 13.2 Å². The van der Waals surface area contributed by atoms with Crippen LogP contribution in [0.1, 0.15) is 27.0 Å². The van der Waals surface area contributed by atoms with E-state index < -0.39 is 11.7 Å². The maximum atomic E-state index is 13.4. The summed E-state index contributed by atoms with van der Waals surface area (Å²) in [6.07, 6.45) is -3.93. The first-order valence-corrected chi connectivity index (χ1v) is 10.8. The fourth-order valence-electron chi connectivity index (χ4n) is 3.78. The van der Waals surface area contributed by atoms with E-state index in [-0.39, 0.29) is 19.2 Å². The van der Waals surface area contributed by atoms with E-state index in [9.17, 15) is 18.0 Å². The molecule has 3 aromatic rings. The van der Waals surface area contributed by atoms with Crippen molar-refractivity contribution in [3.05, 3.63) is 82.9 Å². The molecule has 0 aliphatic carbocycles. The van der Waals surface area contributed by atoms with Crippen molar-refractivity contribution >= 4 is 5.91 Å². The number of carbonyl (C=O) groups is 1. The molecule has 1 aliphatic heterocycles. The summed E-state index contributed by atoms with van der Waals surface area (Å²) in [6, 6.07) is 15.2. The van der Waals surface area contributed by atoms with Crippen molar-refractivity contribution < 1.29 is 36.9 Å². The Balaban J connectivity index is 1.57. The number of hydrogen-bond donors (Lipinski definition) is 0. The third-order valence-corrected chi connectivity index (χ3v) is 5.68. The predicted molar refractivity (Wildman–Crippen MR) is 122 cm³/mol. The van der Waals surface area contributed by atoms with Crippen molar-refractivity contribution in [3.63, 3.8) is 0 Å². The van der Waals surface area contributed by atoms with Crippen LogP contribution in [0.4, 0.5) is 13.2 Å². The van der Waals surface area contributed by atoms with Crippen LogP contribution in [0.15, 0.2) is 60.7 Å². The van der Waals surface area contributed by atoms with Gasteiger partial charge in [0.05, 0.1) is 19.8 Å². The van der Waals surface area contributed by atoms with Gasteiger partial charge in [-0.1, -0.05) is 18.2 Å². The standard InChI is InChI=1S/C26H24F3NO5/c1-32-21-9-5-17(13-23(21)33-2)11-12-30(15-18-3-7-20(8-4-18)26(27,28)29)25(31)19-6-10-22-24(14-19)35-16-34-22/h3-10,13-14H,11-12,15-16H2,1-2H3. The average Bonchev–Trinajstić information content (AvgIpc) is 3.33. The van der Waals surface area contributed by atoms with Crippen molar-refractivity contribution in [2.75, 3.05) is 27.6 Å². The van der Waals surface area contributed by atoms with E-state index >= 15 is 0 Å². The third kappa shape index (κ3) is 5.62. The van der Waals surface area contributed by atoms with Gasteiger partial charge in [-0.15, -0.1) is 0 Å². The summed E-state index contributed by atoms with van der Waals surface area (Å²) in [5, 5.41) is 0. The Hall–Kier alpha value is -3.88. The van der Waals surface area contributed by atoms with Crippen LogP contribution in [0, 0.1) is 0 Å². The molecule has 1 heterocycles. The smallest absolute Gasteiger partial charge is 0.416 e. The highest BCUT2D eigenvalue weighted by atomic mass is 19.4. The van der Waals surface area contributed by atoms with Crippen LogP contribution >= 0.6 is 0 Å². The zero-order valence-electron chi connectivity index (χ0n) is 19.2. The van der Waals surface area contributed by atoms with E-state index in [1.54, 1.807) is 43.4 Å². The van der Waals surface area contributed by atoms with E-state index in [2.05, 4.69) is 0 Å². The van der Waals surface area contributed by atoms with Gasteiger partial charge in [0.15, 0.2) is 23.0 Å². The minimum atomic E-state index is -4.42. The van der Waals surface area contributed by atoms with Gasteiger partial charge in [-0.05, 0) is 60.0 Å². The highest BCUT2D eigenvalue weighted by Crippen LogP contribution is 2.33. The Morgan fingerprint density at radius 1 is 0.886 bits per heavy atom. The number of methoxy groups -OCH3 is 2. The van der Waals surface area contributed by atoms with Crippen LogP contribution in [0.2, 0.25) is 0 Å². The van der Waals surface area contributed by atoms with E-state index in [0.29, 0.717) is 47.1 Å². The van der Waals surface area contributed by atoms with Crippen molar-refractivity contribution in [1.29, 1.82) is 0 Å². The molecular formula is C26H24F3NO5. The number of carbonyl (C=O) groups excluding carboxylic acids is 1. The fraction of sp³-hybridized carbons (Fsp3) is 0.269. The Kier molecular flexibility index (Phi) is 7.04. The lowest BCUT2D eigenvalue weighted by atomic mass is 10.1. The molecule has 6 nitrogen and oxygen atoms in total. The summed E-state index contributed by atoms with van der Waals surface area (Å²) in [6.45, 7) is 0.546. The van der Waals surface area contributed by atoms with Crippen molar-refractivity contribution in [3.8, 4) is 23.0 Å². The number of fused-ring (bicyclic) bond motifs is 1. The second-order valence-electron chi connectivity index (χ2n) is 7.93. The van der Waals surface area contributed by atoms with Crippen LogP contribution in [0.5, 0.6) is 23.0 Å². The predicted octanol–water partition coefficient (Wildman–Crippen LogP) is 5.34. The summed E-state index contributed by atoms with van der Waals surface area (Å²) < 4.78 is 60.2. The molecule has 0 saturated heterocycles. The number of amides is 1. The summed E-state index contributed by atoms with van der Waals surface area (Å²) >= 11 is 0. The first-order chi connectivity index (χ1) is 16.8. The number of halogens is 3. The highest BCUT2D eigenvalue weighted by molar-refractivity contribution is 5.95. The molecule has 184 valence electrons. The van der Waals surface area contributed by atoms with Gasteiger partial charge in [0, 0.05) is 18.7 Å². The second kappa shape index (κ2) is 10.2. The molecule has 0 radical (unpaired) electrons. The van der Waals surface area contributed by atoms with Gasteiger partial charge in [-0.3, -0.25) is 4.79 Å². The SMILES string of the molecule is COc1ccc(CCN(Cc2ccc(C(F)(F)F)cc2)C(=O)c2ccc3c(c2)OCO3)cc1OC. The van der Waals surface area contributed by atoms with Crippen LogP contribution in [0.3, 0.4) is 0 Å². The van der Waals surface area contributed by atoms with Gasteiger partial charge in [0.2, 0.25) is 6.79 Å². The van der Waals surface area contributed by atoms with Gasteiger partial charge >= 0.3 is 6.18 Å². The number of rotatable bonds is 8.